The molecule has 0 N–H and O–H groups in total. The van der Waals surface area contributed by atoms with Gasteiger partial charge in [-0.25, -0.2) is 4.79 Å². The zero-order valence-corrected chi connectivity index (χ0v) is 15.7. The van der Waals surface area contributed by atoms with E-state index >= 15 is 0 Å². The number of carbonyl (C=O) groups excluding carboxylic acids is 1. The summed E-state index contributed by atoms with van der Waals surface area (Å²) >= 11 is 0. The number of hydrogen-bond acceptors (Lipinski definition) is 4. The Hall–Kier alpha value is -3.40. The molecule has 140 valence electrons. The largest absolute Gasteiger partial charge is 0.462 e. The third-order valence-electron chi connectivity index (χ3n) is 4.82. The molecule has 3 aromatic carbocycles. The summed E-state index contributed by atoms with van der Waals surface area (Å²) < 4.78 is 5.01. The second kappa shape index (κ2) is 8.09. The first-order valence-corrected chi connectivity index (χ1v) is 9.45. The monoisotopic (exact) mass is 371 g/mol. The van der Waals surface area contributed by atoms with Crippen molar-refractivity contribution >= 4 is 11.7 Å². The molecule has 0 spiro atoms. The van der Waals surface area contributed by atoms with E-state index < -0.39 is 0 Å². The summed E-state index contributed by atoms with van der Waals surface area (Å²) in [5.74, 6) is 0.228. The Balaban J connectivity index is 1.67. The number of hydrogen-bond donors (Lipinski definition) is 0. The lowest BCUT2D eigenvalue weighted by atomic mass is 9.98. The lowest BCUT2D eigenvalue weighted by molar-refractivity contribution is 0.0526. The second-order valence-corrected chi connectivity index (χ2v) is 6.59. The molecule has 0 aliphatic heterocycles. The molecule has 28 heavy (non-hydrogen) atoms. The summed E-state index contributed by atoms with van der Waals surface area (Å²) in [5.41, 5.74) is 6.04. The highest BCUT2D eigenvalue weighted by Gasteiger charge is 2.19. The van der Waals surface area contributed by atoms with Crippen LogP contribution in [0.15, 0.2) is 78.0 Å². The number of benzene rings is 3. The van der Waals surface area contributed by atoms with Gasteiger partial charge in [-0.15, -0.1) is 0 Å². The number of esters is 1. The zero-order chi connectivity index (χ0) is 19.3. The van der Waals surface area contributed by atoms with E-state index in [9.17, 15) is 4.79 Å². The average molecular weight is 371 g/mol. The molecule has 0 aromatic heterocycles. The van der Waals surface area contributed by atoms with Gasteiger partial charge in [-0.2, -0.15) is 0 Å². The Kier molecular flexibility index (Phi) is 5.20. The van der Waals surface area contributed by atoms with E-state index in [4.69, 9.17) is 9.57 Å². The highest BCUT2D eigenvalue weighted by Crippen LogP contribution is 2.25. The van der Waals surface area contributed by atoms with Crippen LogP contribution >= 0.6 is 0 Å². The van der Waals surface area contributed by atoms with Crippen LogP contribution in [-0.2, 0) is 17.6 Å². The maximum absolute atomic E-state index is 11.8. The molecule has 0 bridgehead atoms. The minimum Gasteiger partial charge on any atom is -0.462 e. The third-order valence-corrected chi connectivity index (χ3v) is 4.82. The van der Waals surface area contributed by atoms with Crippen molar-refractivity contribution in [2.45, 2.75) is 19.8 Å². The van der Waals surface area contributed by atoms with Crippen LogP contribution in [0, 0.1) is 0 Å². The van der Waals surface area contributed by atoms with Crippen LogP contribution in [0.25, 0.3) is 0 Å². The van der Waals surface area contributed by atoms with Gasteiger partial charge in [-0.3, -0.25) is 0 Å². The molecule has 4 rings (SSSR count). The first-order valence-electron chi connectivity index (χ1n) is 9.45. The molecule has 0 amide bonds. The summed E-state index contributed by atoms with van der Waals surface area (Å²) in [4.78, 5) is 17.5. The van der Waals surface area contributed by atoms with Gasteiger partial charge in [-0.1, -0.05) is 53.7 Å². The van der Waals surface area contributed by atoms with Crippen molar-refractivity contribution in [1.82, 2.24) is 0 Å². The molecular formula is C24H21NO3. The highest BCUT2D eigenvalue weighted by molar-refractivity contribution is 6.14. The van der Waals surface area contributed by atoms with Gasteiger partial charge >= 0.3 is 5.97 Å². The van der Waals surface area contributed by atoms with Gasteiger partial charge < -0.3 is 9.57 Å². The molecule has 1 aliphatic rings. The van der Waals surface area contributed by atoms with Crippen molar-refractivity contribution in [3.63, 3.8) is 0 Å². The number of carbonyl (C=O) groups is 1. The van der Waals surface area contributed by atoms with Gasteiger partial charge in [0.1, 0.15) is 5.71 Å². The fourth-order valence-corrected chi connectivity index (χ4v) is 3.42. The molecule has 1 aliphatic carbocycles. The lowest BCUT2D eigenvalue weighted by Gasteiger charge is -2.10. The summed E-state index contributed by atoms with van der Waals surface area (Å²) in [5, 5.41) is 4.51. The molecule has 3 aromatic rings. The summed E-state index contributed by atoms with van der Waals surface area (Å²) in [7, 11) is 0. The van der Waals surface area contributed by atoms with E-state index in [0.717, 1.165) is 29.7 Å². The average Bonchev–Trinajstić information content (AvgIpc) is 2.90. The maximum atomic E-state index is 11.8. The number of rotatable bonds is 4. The van der Waals surface area contributed by atoms with Crippen molar-refractivity contribution in [2.24, 2.45) is 5.16 Å². The Morgan fingerprint density at radius 3 is 2.00 bits per heavy atom. The van der Waals surface area contributed by atoms with Crippen molar-refractivity contribution in [3.05, 3.63) is 101 Å². The molecule has 0 saturated carbocycles. The van der Waals surface area contributed by atoms with Crippen LogP contribution in [0.3, 0.4) is 0 Å². The van der Waals surface area contributed by atoms with Crippen molar-refractivity contribution in [2.75, 3.05) is 6.61 Å². The van der Waals surface area contributed by atoms with Crippen LogP contribution in [0.4, 0.5) is 0 Å². The SMILES string of the molecule is CCOC(=O)c1ccc(ON=C2c3ccccc3CCc3ccccc32)cc1. The Morgan fingerprint density at radius 2 is 1.43 bits per heavy atom. The van der Waals surface area contributed by atoms with E-state index in [-0.39, 0.29) is 5.97 Å². The number of aryl methyl sites for hydroxylation is 2. The molecule has 4 heteroatoms. The molecule has 0 radical (unpaired) electrons. The molecule has 0 unspecified atom stereocenters. The first-order chi connectivity index (χ1) is 13.8. The standard InChI is InChI=1S/C24H21NO3/c1-2-27-24(26)19-13-15-20(16-14-19)28-25-23-21-9-5-3-7-17(21)11-12-18-8-4-6-10-22(18)23/h3-10,13-16H,2,11-12H2,1H3. The van der Waals surface area contributed by atoms with Gasteiger partial charge in [0.05, 0.1) is 12.2 Å². The van der Waals surface area contributed by atoms with Crippen LogP contribution in [0.2, 0.25) is 0 Å². The fraction of sp³-hybridized carbons (Fsp3) is 0.167. The quantitative estimate of drug-likeness (QED) is 0.489. The minimum atomic E-state index is -0.341. The number of nitrogens with zero attached hydrogens (tertiary/aromatic N) is 1. The Bertz CT molecular complexity index is 973. The first kappa shape index (κ1) is 18.0. The van der Waals surface area contributed by atoms with Crippen molar-refractivity contribution < 1.29 is 14.4 Å². The van der Waals surface area contributed by atoms with E-state index in [0.29, 0.717) is 17.9 Å². The third kappa shape index (κ3) is 3.67. The van der Waals surface area contributed by atoms with E-state index in [1.807, 2.05) is 12.1 Å². The van der Waals surface area contributed by atoms with Gasteiger partial charge in [-0.05, 0) is 55.2 Å². The maximum Gasteiger partial charge on any atom is 0.338 e. The smallest absolute Gasteiger partial charge is 0.338 e. The van der Waals surface area contributed by atoms with Crippen molar-refractivity contribution in [1.29, 1.82) is 0 Å². The fourth-order valence-electron chi connectivity index (χ4n) is 3.42. The minimum absolute atomic E-state index is 0.341. The predicted octanol–water partition coefficient (Wildman–Crippen LogP) is 4.79. The second-order valence-electron chi connectivity index (χ2n) is 6.59. The number of oxime groups is 1. The van der Waals surface area contributed by atoms with Crippen LogP contribution in [0.5, 0.6) is 5.75 Å². The lowest BCUT2D eigenvalue weighted by Crippen LogP contribution is -2.08. The van der Waals surface area contributed by atoms with Gasteiger partial charge in [0.2, 0.25) is 0 Å². The topological polar surface area (TPSA) is 47.9 Å². The Morgan fingerprint density at radius 1 is 0.857 bits per heavy atom. The number of fused-ring (bicyclic) bond motifs is 2. The molecule has 0 atom stereocenters. The molecule has 4 nitrogen and oxygen atoms in total. The summed E-state index contributed by atoms with van der Waals surface area (Å²) in [6, 6.07) is 23.4. The van der Waals surface area contributed by atoms with Gasteiger partial charge in [0, 0.05) is 11.1 Å². The van der Waals surface area contributed by atoms with Crippen molar-refractivity contribution in [3.8, 4) is 5.75 Å². The van der Waals surface area contributed by atoms with Crippen LogP contribution < -0.4 is 4.84 Å². The molecular weight excluding hydrogens is 350 g/mol. The highest BCUT2D eigenvalue weighted by atomic mass is 16.6. The normalized spacial score (nSPS) is 12.4. The molecule has 0 heterocycles. The number of ether oxygens (including phenoxy) is 1. The molecule has 0 saturated heterocycles. The Labute approximate surface area is 164 Å². The summed E-state index contributed by atoms with van der Waals surface area (Å²) in [6.07, 6.45) is 1.95. The van der Waals surface area contributed by atoms with E-state index in [2.05, 4.69) is 41.6 Å². The predicted molar refractivity (Wildman–Crippen MR) is 109 cm³/mol. The van der Waals surface area contributed by atoms with Gasteiger partial charge in [0.15, 0.2) is 5.75 Å². The van der Waals surface area contributed by atoms with Crippen LogP contribution in [-0.4, -0.2) is 18.3 Å². The molecule has 0 fully saturated rings. The van der Waals surface area contributed by atoms with Gasteiger partial charge in [0.25, 0.3) is 0 Å². The van der Waals surface area contributed by atoms with E-state index in [1.165, 1.54) is 11.1 Å². The van der Waals surface area contributed by atoms with E-state index in [1.54, 1.807) is 31.2 Å². The summed E-state index contributed by atoms with van der Waals surface area (Å²) in [6.45, 7) is 2.14. The van der Waals surface area contributed by atoms with Crippen LogP contribution in [0.1, 0.15) is 39.5 Å². The zero-order valence-electron chi connectivity index (χ0n) is 15.7.